The van der Waals surface area contributed by atoms with Crippen LogP contribution in [0.2, 0.25) is 0 Å². The molecule has 25 heavy (non-hydrogen) atoms. The minimum atomic E-state index is -0.658. The van der Waals surface area contributed by atoms with Crippen molar-refractivity contribution in [2.24, 2.45) is 7.05 Å². The van der Waals surface area contributed by atoms with Gasteiger partial charge in [-0.1, -0.05) is 12.1 Å². The molecule has 0 saturated carbocycles. The van der Waals surface area contributed by atoms with Crippen LogP contribution < -0.4 is 15.5 Å². The van der Waals surface area contributed by atoms with Crippen molar-refractivity contribution in [2.75, 3.05) is 11.9 Å². The van der Waals surface area contributed by atoms with Gasteiger partial charge < -0.3 is 14.6 Å². The van der Waals surface area contributed by atoms with E-state index in [4.69, 9.17) is 4.74 Å². The first-order chi connectivity index (χ1) is 12.0. The Morgan fingerprint density at radius 1 is 1.24 bits per heavy atom. The molecule has 128 valence electrons. The molecule has 1 N–H and O–H groups in total. The van der Waals surface area contributed by atoms with E-state index in [2.05, 4.69) is 5.32 Å². The first kappa shape index (κ1) is 16.7. The zero-order valence-corrected chi connectivity index (χ0v) is 13.9. The largest absolute Gasteiger partial charge is 0.494 e. The van der Waals surface area contributed by atoms with Crippen LogP contribution in [-0.4, -0.2) is 17.1 Å². The van der Waals surface area contributed by atoms with Gasteiger partial charge in [-0.05, 0) is 37.3 Å². The monoisotopic (exact) mass is 340 g/mol. The second-order valence-corrected chi connectivity index (χ2v) is 5.53. The van der Waals surface area contributed by atoms with Gasteiger partial charge in [-0.3, -0.25) is 9.59 Å². The number of aromatic nitrogens is 1. The summed E-state index contributed by atoms with van der Waals surface area (Å²) in [6, 6.07) is 10.9. The highest BCUT2D eigenvalue weighted by molar-refractivity contribution is 6.05. The highest BCUT2D eigenvalue weighted by Gasteiger charge is 2.16. The molecule has 1 aromatic heterocycles. The Bertz CT molecular complexity index is 1010. The first-order valence-corrected chi connectivity index (χ1v) is 7.83. The summed E-state index contributed by atoms with van der Waals surface area (Å²) < 4.78 is 20.8. The molecule has 0 radical (unpaired) electrons. The van der Waals surface area contributed by atoms with Crippen LogP contribution in [0.3, 0.4) is 0 Å². The predicted octanol–water partition coefficient (Wildman–Crippen LogP) is 3.33. The standard InChI is InChI=1S/C19H17FN2O3/c1-3-25-12-8-9-17-13(10-12)18(23)14(11-22(17)2)19(24)21-16-7-5-4-6-15(16)20/h4-11H,3H2,1-2H3,(H,21,24). The molecule has 3 aromatic rings. The summed E-state index contributed by atoms with van der Waals surface area (Å²) in [5.41, 5.74) is 0.212. The van der Waals surface area contributed by atoms with E-state index < -0.39 is 17.2 Å². The number of benzene rings is 2. The van der Waals surface area contributed by atoms with E-state index in [1.54, 1.807) is 35.9 Å². The molecule has 5 nitrogen and oxygen atoms in total. The lowest BCUT2D eigenvalue weighted by Gasteiger charge is -2.11. The SMILES string of the molecule is CCOc1ccc2c(c1)c(=O)c(C(=O)Nc1ccccc1F)cn2C. The van der Waals surface area contributed by atoms with Crippen LogP contribution in [0.15, 0.2) is 53.5 Å². The molecule has 0 fully saturated rings. The number of rotatable bonds is 4. The number of halogens is 1. The molecular formula is C19H17FN2O3. The number of para-hydroxylation sites is 1. The summed E-state index contributed by atoms with van der Waals surface area (Å²) >= 11 is 0. The molecular weight excluding hydrogens is 323 g/mol. The second kappa shape index (κ2) is 6.76. The number of amides is 1. The van der Waals surface area contributed by atoms with Crippen molar-refractivity contribution < 1.29 is 13.9 Å². The van der Waals surface area contributed by atoms with Crippen LogP contribution in [-0.2, 0) is 7.05 Å². The number of fused-ring (bicyclic) bond motifs is 1. The van der Waals surface area contributed by atoms with Gasteiger partial charge in [0.1, 0.15) is 17.1 Å². The Balaban J connectivity index is 2.07. The van der Waals surface area contributed by atoms with Gasteiger partial charge in [-0.15, -0.1) is 0 Å². The second-order valence-electron chi connectivity index (χ2n) is 5.53. The molecule has 0 aliphatic carbocycles. The number of hydrogen-bond acceptors (Lipinski definition) is 3. The Hall–Kier alpha value is -3.15. The van der Waals surface area contributed by atoms with E-state index >= 15 is 0 Å². The van der Waals surface area contributed by atoms with Crippen LogP contribution in [0.5, 0.6) is 5.75 Å². The summed E-state index contributed by atoms with van der Waals surface area (Å²) in [5, 5.41) is 2.81. The van der Waals surface area contributed by atoms with Crippen molar-refractivity contribution in [1.82, 2.24) is 4.57 Å². The number of carbonyl (C=O) groups is 1. The van der Waals surface area contributed by atoms with E-state index in [0.29, 0.717) is 23.3 Å². The fraction of sp³-hybridized carbons (Fsp3) is 0.158. The molecule has 0 aliphatic heterocycles. The number of carbonyl (C=O) groups excluding carboxylic acids is 1. The lowest BCUT2D eigenvalue weighted by Crippen LogP contribution is -2.23. The summed E-state index contributed by atoms with van der Waals surface area (Å²) in [4.78, 5) is 25.2. The molecule has 2 aromatic carbocycles. The molecule has 3 rings (SSSR count). The van der Waals surface area contributed by atoms with E-state index in [1.807, 2.05) is 6.92 Å². The Labute approximate surface area is 143 Å². The third-order valence-electron chi connectivity index (χ3n) is 3.84. The first-order valence-electron chi connectivity index (χ1n) is 7.83. The summed E-state index contributed by atoms with van der Waals surface area (Å²) in [6.45, 7) is 2.32. The quantitative estimate of drug-likeness (QED) is 0.792. The van der Waals surface area contributed by atoms with Crippen molar-refractivity contribution in [3.8, 4) is 5.75 Å². The normalized spacial score (nSPS) is 10.7. The lowest BCUT2D eigenvalue weighted by molar-refractivity contribution is 0.102. The average Bonchev–Trinajstić information content (AvgIpc) is 2.60. The van der Waals surface area contributed by atoms with Crippen molar-refractivity contribution in [3.63, 3.8) is 0 Å². The Morgan fingerprint density at radius 3 is 2.72 bits per heavy atom. The zero-order chi connectivity index (χ0) is 18.0. The van der Waals surface area contributed by atoms with E-state index in [0.717, 1.165) is 0 Å². The summed E-state index contributed by atoms with van der Waals surface area (Å²) in [5.74, 6) is -0.666. The van der Waals surface area contributed by atoms with Crippen LogP contribution in [0.4, 0.5) is 10.1 Å². The van der Waals surface area contributed by atoms with E-state index in [1.165, 1.54) is 24.4 Å². The van der Waals surface area contributed by atoms with Crippen molar-refractivity contribution in [1.29, 1.82) is 0 Å². The predicted molar refractivity (Wildman–Crippen MR) is 94.7 cm³/mol. The molecule has 6 heteroatoms. The fourth-order valence-electron chi connectivity index (χ4n) is 2.64. The van der Waals surface area contributed by atoms with Gasteiger partial charge in [0.2, 0.25) is 5.43 Å². The van der Waals surface area contributed by atoms with Crippen LogP contribution in [0, 0.1) is 5.82 Å². The smallest absolute Gasteiger partial charge is 0.261 e. The third-order valence-corrected chi connectivity index (χ3v) is 3.84. The molecule has 0 bridgehead atoms. The van der Waals surface area contributed by atoms with E-state index in [9.17, 15) is 14.0 Å². The number of pyridine rings is 1. The maximum Gasteiger partial charge on any atom is 0.261 e. The van der Waals surface area contributed by atoms with Gasteiger partial charge in [0.15, 0.2) is 0 Å². The maximum atomic E-state index is 13.7. The summed E-state index contributed by atoms with van der Waals surface area (Å²) in [7, 11) is 1.74. The minimum absolute atomic E-state index is 0.0257. The lowest BCUT2D eigenvalue weighted by atomic mass is 10.1. The number of nitrogens with zero attached hydrogens (tertiary/aromatic N) is 1. The maximum absolute atomic E-state index is 13.7. The van der Waals surface area contributed by atoms with Gasteiger partial charge in [-0.25, -0.2) is 4.39 Å². The van der Waals surface area contributed by atoms with Gasteiger partial charge in [0, 0.05) is 13.2 Å². The van der Waals surface area contributed by atoms with Crippen LogP contribution in [0.1, 0.15) is 17.3 Å². The molecule has 0 aliphatic rings. The summed E-state index contributed by atoms with van der Waals surface area (Å²) in [6.07, 6.45) is 1.45. The average molecular weight is 340 g/mol. The van der Waals surface area contributed by atoms with E-state index in [-0.39, 0.29) is 11.3 Å². The van der Waals surface area contributed by atoms with Crippen molar-refractivity contribution >= 4 is 22.5 Å². The third kappa shape index (κ3) is 3.24. The number of nitrogens with one attached hydrogen (secondary N) is 1. The van der Waals surface area contributed by atoms with Gasteiger partial charge in [0.25, 0.3) is 5.91 Å². The van der Waals surface area contributed by atoms with Crippen LogP contribution >= 0.6 is 0 Å². The molecule has 0 spiro atoms. The zero-order valence-electron chi connectivity index (χ0n) is 13.9. The van der Waals surface area contributed by atoms with Gasteiger partial charge >= 0.3 is 0 Å². The molecule has 1 amide bonds. The minimum Gasteiger partial charge on any atom is -0.494 e. The number of anilines is 1. The van der Waals surface area contributed by atoms with Crippen molar-refractivity contribution in [2.45, 2.75) is 6.92 Å². The number of hydrogen-bond donors (Lipinski definition) is 1. The molecule has 0 atom stereocenters. The van der Waals surface area contributed by atoms with Gasteiger partial charge in [-0.2, -0.15) is 0 Å². The highest BCUT2D eigenvalue weighted by atomic mass is 19.1. The van der Waals surface area contributed by atoms with Crippen molar-refractivity contribution in [3.05, 3.63) is 70.3 Å². The van der Waals surface area contributed by atoms with Gasteiger partial charge in [0.05, 0.1) is 23.2 Å². The topological polar surface area (TPSA) is 60.3 Å². The highest BCUT2D eigenvalue weighted by Crippen LogP contribution is 2.19. The molecule has 0 saturated heterocycles. The number of ether oxygens (including phenoxy) is 1. The molecule has 0 unspecified atom stereocenters. The fourth-order valence-corrected chi connectivity index (χ4v) is 2.64. The Kier molecular flexibility index (Phi) is 4.52. The molecule has 1 heterocycles. The Morgan fingerprint density at radius 2 is 2.00 bits per heavy atom. The number of aryl methyl sites for hydroxylation is 1. The van der Waals surface area contributed by atoms with Crippen LogP contribution in [0.25, 0.3) is 10.9 Å².